The average Bonchev–Trinajstić information content (AvgIpc) is 2.75. The van der Waals surface area contributed by atoms with Crippen LogP contribution in [0.2, 0.25) is 0 Å². The van der Waals surface area contributed by atoms with E-state index in [1.165, 1.54) is 6.21 Å². The Morgan fingerprint density at radius 3 is 2.50 bits per heavy atom. The number of ether oxygens (including phenoxy) is 3. The van der Waals surface area contributed by atoms with Gasteiger partial charge in [0.15, 0.2) is 11.5 Å². The molecule has 0 heterocycles. The molecule has 0 saturated heterocycles. The van der Waals surface area contributed by atoms with E-state index in [0.29, 0.717) is 36.8 Å². The van der Waals surface area contributed by atoms with E-state index >= 15 is 0 Å². The molecule has 0 spiro atoms. The van der Waals surface area contributed by atoms with Gasteiger partial charge < -0.3 is 19.5 Å². The van der Waals surface area contributed by atoms with E-state index in [9.17, 15) is 9.59 Å². The van der Waals surface area contributed by atoms with Gasteiger partial charge in [-0.05, 0) is 43.2 Å². The van der Waals surface area contributed by atoms with Gasteiger partial charge >= 0.3 is 0 Å². The fourth-order valence-electron chi connectivity index (χ4n) is 2.68. The predicted molar refractivity (Wildman–Crippen MR) is 114 cm³/mol. The smallest absolute Gasteiger partial charge is 0.249 e. The molecule has 0 aliphatic rings. The molecule has 160 valence electrons. The Labute approximate surface area is 176 Å². The monoisotopic (exact) mass is 413 g/mol. The fourth-order valence-corrected chi connectivity index (χ4v) is 2.68. The van der Waals surface area contributed by atoms with Crippen LogP contribution in [0.15, 0.2) is 47.6 Å². The van der Waals surface area contributed by atoms with E-state index in [0.717, 1.165) is 11.1 Å². The summed E-state index contributed by atoms with van der Waals surface area (Å²) in [5.41, 5.74) is 4.07. The molecule has 30 heavy (non-hydrogen) atoms. The highest BCUT2D eigenvalue weighted by Crippen LogP contribution is 2.27. The molecule has 2 rings (SSSR count). The van der Waals surface area contributed by atoms with Gasteiger partial charge in [0, 0.05) is 12.1 Å². The molecule has 0 fully saturated rings. The van der Waals surface area contributed by atoms with Gasteiger partial charge in [-0.1, -0.05) is 18.2 Å². The summed E-state index contributed by atoms with van der Waals surface area (Å²) in [5, 5.41) is 6.61. The molecule has 8 heteroatoms. The quantitative estimate of drug-likeness (QED) is 0.335. The molecule has 2 amide bonds. The Bertz CT molecular complexity index is 883. The van der Waals surface area contributed by atoms with Crippen LogP contribution in [0.4, 0.5) is 0 Å². The Balaban J connectivity index is 1.75. The first-order chi connectivity index (χ1) is 14.6. The molecule has 0 aromatic heterocycles. The van der Waals surface area contributed by atoms with Gasteiger partial charge in [-0.15, -0.1) is 0 Å². The van der Waals surface area contributed by atoms with Gasteiger partial charge in [0.25, 0.3) is 0 Å². The van der Waals surface area contributed by atoms with Crippen LogP contribution in [0.1, 0.15) is 24.5 Å². The zero-order valence-electron chi connectivity index (χ0n) is 17.4. The number of para-hydroxylation sites is 1. The van der Waals surface area contributed by atoms with Crippen molar-refractivity contribution in [1.82, 2.24) is 10.7 Å². The molecule has 2 aromatic carbocycles. The van der Waals surface area contributed by atoms with E-state index in [2.05, 4.69) is 15.8 Å². The normalized spacial score (nSPS) is 10.5. The summed E-state index contributed by atoms with van der Waals surface area (Å²) >= 11 is 0. The summed E-state index contributed by atoms with van der Waals surface area (Å²) in [4.78, 5) is 23.8. The lowest BCUT2D eigenvalue weighted by Gasteiger charge is -2.10. The van der Waals surface area contributed by atoms with Crippen LogP contribution in [0, 0.1) is 0 Å². The summed E-state index contributed by atoms with van der Waals surface area (Å²) in [6.07, 6.45) is 1.77. The van der Waals surface area contributed by atoms with Crippen molar-refractivity contribution in [3.63, 3.8) is 0 Å². The average molecular weight is 413 g/mol. The van der Waals surface area contributed by atoms with Crippen molar-refractivity contribution in [2.75, 3.05) is 27.4 Å². The molecule has 0 bridgehead atoms. The SMILES string of the molecule is CCOc1ccccc1/C=N\NC(=O)CC(=O)NCCc1ccc(OC)c(OC)c1. The summed E-state index contributed by atoms with van der Waals surface area (Å²) in [5.74, 6) is 1.07. The zero-order valence-corrected chi connectivity index (χ0v) is 17.4. The minimum atomic E-state index is -0.497. The maximum absolute atomic E-state index is 12.0. The third-order valence-electron chi connectivity index (χ3n) is 4.12. The van der Waals surface area contributed by atoms with Crippen LogP contribution in [-0.2, 0) is 16.0 Å². The Morgan fingerprint density at radius 2 is 1.77 bits per heavy atom. The molecule has 0 unspecified atom stereocenters. The minimum Gasteiger partial charge on any atom is -0.493 e. The molecule has 2 N–H and O–H groups in total. The number of amides is 2. The van der Waals surface area contributed by atoms with E-state index in [1.807, 2.05) is 49.4 Å². The Morgan fingerprint density at radius 1 is 1.00 bits per heavy atom. The number of carbonyl (C=O) groups is 2. The second-order valence-electron chi connectivity index (χ2n) is 6.23. The highest BCUT2D eigenvalue weighted by Gasteiger charge is 2.09. The number of hydrogen-bond donors (Lipinski definition) is 2. The van der Waals surface area contributed by atoms with Crippen molar-refractivity contribution in [1.29, 1.82) is 0 Å². The molecule has 0 aliphatic carbocycles. The number of nitrogens with zero attached hydrogens (tertiary/aromatic N) is 1. The summed E-state index contributed by atoms with van der Waals surface area (Å²) in [7, 11) is 3.14. The van der Waals surface area contributed by atoms with Crippen LogP contribution < -0.4 is 25.0 Å². The second kappa shape index (κ2) is 12.1. The zero-order chi connectivity index (χ0) is 21.8. The predicted octanol–water partition coefficient (Wildman–Crippen LogP) is 2.30. The van der Waals surface area contributed by atoms with Gasteiger partial charge in [0.2, 0.25) is 11.8 Å². The standard InChI is InChI=1S/C22H27N3O5/c1-4-30-18-8-6-5-7-17(18)15-24-25-22(27)14-21(26)23-12-11-16-9-10-19(28-2)20(13-16)29-3/h5-10,13,15H,4,11-12,14H2,1-3H3,(H,23,26)(H,25,27)/b24-15-. The Hall–Kier alpha value is -3.55. The number of hydrogen-bond acceptors (Lipinski definition) is 6. The number of nitrogens with one attached hydrogen (secondary N) is 2. The maximum atomic E-state index is 12.0. The van der Waals surface area contributed by atoms with Gasteiger partial charge in [0.05, 0.1) is 27.0 Å². The molecule has 0 saturated carbocycles. The summed E-state index contributed by atoms with van der Waals surface area (Å²) in [6, 6.07) is 12.9. The van der Waals surface area contributed by atoms with Crippen LogP contribution in [0.25, 0.3) is 0 Å². The first kappa shape index (κ1) is 22.7. The lowest BCUT2D eigenvalue weighted by atomic mass is 10.1. The first-order valence-corrected chi connectivity index (χ1v) is 9.58. The van der Waals surface area contributed by atoms with E-state index in [-0.39, 0.29) is 12.3 Å². The van der Waals surface area contributed by atoms with Crippen LogP contribution >= 0.6 is 0 Å². The molecule has 0 aliphatic heterocycles. The minimum absolute atomic E-state index is 0.309. The topological polar surface area (TPSA) is 98.2 Å². The van der Waals surface area contributed by atoms with E-state index in [1.54, 1.807) is 14.2 Å². The number of carbonyl (C=O) groups excluding carboxylic acids is 2. The first-order valence-electron chi connectivity index (χ1n) is 9.58. The van der Waals surface area contributed by atoms with Crippen LogP contribution in [-0.4, -0.2) is 45.4 Å². The lowest BCUT2D eigenvalue weighted by molar-refractivity contribution is -0.129. The summed E-state index contributed by atoms with van der Waals surface area (Å²) in [6.45, 7) is 2.81. The van der Waals surface area contributed by atoms with Gasteiger partial charge in [0.1, 0.15) is 12.2 Å². The second-order valence-corrected chi connectivity index (χ2v) is 6.23. The number of rotatable bonds is 11. The van der Waals surface area contributed by atoms with E-state index in [4.69, 9.17) is 14.2 Å². The highest BCUT2D eigenvalue weighted by atomic mass is 16.5. The van der Waals surface area contributed by atoms with Crippen LogP contribution in [0.5, 0.6) is 17.2 Å². The van der Waals surface area contributed by atoms with Gasteiger partial charge in [-0.3, -0.25) is 9.59 Å². The number of methoxy groups -OCH3 is 2. The van der Waals surface area contributed by atoms with Crippen molar-refractivity contribution in [2.24, 2.45) is 5.10 Å². The van der Waals surface area contributed by atoms with Crippen molar-refractivity contribution in [3.8, 4) is 17.2 Å². The van der Waals surface area contributed by atoms with Crippen molar-refractivity contribution in [3.05, 3.63) is 53.6 Å². The molecular weight excluding hydrogens is 386 g/mol. The molecule has 0 atom stereocenters. The largest absolute Gasteiger partial charge is 0.493 e. The molecule has 8 nitrogen and oxygen atoms in total. The van der Waals surface area contributed by atoms with E-state index < -0.39 is 5.91 Å². The van der Waals surface area contributed by atoms with Crippen molar-refractivity contribution < 1.29 is 23.8 Å². The van der Waals surface area contributed by atoms with Gasteiger partial charge in [-0.2, -0.15) is 5.10 Å². The summed E-state index contributed by atoms with van der Waals surface area (Å²) < 4.78 is 15.9. The number of hydrazone groups is 1. The molecule has 0 radical (unpaired) electrons. The fraction of sp³-hybridized carbons (Fsp3) is 0.318. The number of benzene rings is 2. The third kappa shape index (κ3) is 7.12. The van der Waals surface area contributed by atoms with Crippen molar-refractivity contribution >= 4 is 18.0 Å². The lowest BCUT2D eigenvalue weighted by Crippen LogP contribution is -2.31. The third-order valence-corrected chi connectivity index (χ3v) is 4.12. The highest BCUT2D eigenvalue weighted by molar-refractivity contribution is 5.97. The maximum Gasteiger partial charge on any atom is 0.249 e. The van der Waals surface area contributed by atoms with Crippen molar-refractivity contribution in [2.45, 2.75) is 19.8 Å². The Kier molecular flexibility index (Phi) is 9.18. The van der Waals surface area contributed by atoms with Crippen LogP contribution in [0.3, 0.4) is 0 Å². The molecule has 2 aromatic rings. The molecular formula is C22H27N3O5. The van der Waals surface area contributed by atoms with Gasteiger partial charge in [-0.25, -0.2) is 5.43 Å².